The molecule has 0 aliphatic heterocycles. The number of ether oxygens (including phenoxy) is 1. The Bertz CT molecular complexity index is 1330. The molecule has 0 bridgehead atoms. The molecule has 3 heterocycles. The molecule has 11 nitrogen and oxygen atoms in total. The second-order valence-corrected chi connectivity index (χ2v) is 12.3. The maximum atomic E-state index is 12.4. The van der Waals surface area contributed by atoms with Crippen LogP contribution in [-0.4, -0.2) is 63.7 Å². The molecule has 0 aromatic carbocycles. The van der Waals surface area contributed by atoms with Crippen molar-refractivity contribution in [3.63, 3.8) is 0 Å². The Labute approximate surface area is 222 Å². The second-order valence-electron chi connectivity index (χ2n) is 9.89. The molecule has 0 unspecified atom stereocenters. The number of furan rings is 1. The molecule has 2 N–H and O–H groups in total. The minimum Gasteiger partial charge on any atom is -0.469 e. The summed E-state index contributed by atoms with van der Waals surface area (Å²) in [5, 5.41) is 8.45. The summed E-state index contributed by atoms with van der Waals surface area (Å²) in [7, 11) is -0.622. The summed E-state index contributed by atoms with van der Waals surface area (Å²) in [6.45, 7) is 5.75. The molecule has 0 radical (unpaired) electrons. The van der Waals surface area contributed by atoms with Gasteiger partial charge in [0.25, 0.3) is 0 Å². The van der Waals surface area contributed by atoms with Crippen molar-refractivity contribution >= 4 is 33.3 Å². The number of methoxy groups -OCH3 is 1. The van der Waals surface area contributed by atoms with E-state index in [1.165, 1.54) is 7.05 Å². The van der Waals surface area contributed by atoms with E-state index in [4.69, 9.17) is 30.9 Å². The fourth-order valence-electron chi connectivity index (χ4n) is 4.04. The summed E-state index contributed by atoms with van der Waals surface area (Å²) >= 11 is 6.72. The van der Waals surface area contributed by atoms with Gasteiger partial charge in [-0.05, 0) is 43.4 Å². The highest BCUT2D eigenvalue weighted by atomic mass is 35.5. The van der Waals surface area contributed by atoms with E-state index < -0.39 is 15.6 Å². The van der Waals surface area contributed by atoms with E-state index in [-0.39, 0.29) is 22.6 Å². The summed E-state index contributed by atoms with van der Waals surface area (Å²) in [5.74, 6) is 2.70. The minimum absolute atomic E-state index is 0.0637. The molecule has 202 valence electrons. The Morgan fingerprint density at radius 3 is 2.68 bits per heavy atom. The highest BCUT2D eigenvalue weighted by Crippen LogP contribution is 2.41. The summed E-state index contributed by atoms with van der Waals surface area (Å²) in [4.78, 5) is 6.72. The Morgan fingerprint density at radius 2 is 2.08 bits per heavy atom. The Hall–Kier alpha value is -2.67. The van der Waals surface area contributed by atoms with Crippen LogP contribution in [0.3, 0.4) is 0 Å². The molecule has 0 amide bonds. The maximum absolute atomic E-state index is 12.4. The number of nitrogens with two attached hydrogens (primary N) is 1. The van der Waals surface area contributed by atoms with E-state index in [1.54, 1.807) is 32.4 Å². The van der Waals surface area contributed by atoms with Crippen LogP contribution in [0.25, 0.3) is 11.5 Å². The number of anilines is 2. The molecule has 13 heteroatoms. The number of aromatic nitrogens is 3. The molecule has 0 saturated heterocycles. The molecule has 37 heavy (non-hydrogen) atoms. The fraction of sp³-hybridized carbons (Fsp3) is 0.542. The van der Waals surface area contributed by atoms with Crippen LogP contribution in [0.4, 0.5) is 11.6 Å². The second kappa shape index (κ2) is 10.6. The quantitative estimate of drug-likeness (QED) is 0.355. The van der Waals surface area contributed by atoms with Gasteiger partial charge in [-0.3, -0.25) is 4.31 Å². The third kappa shape index (κ3) is 6.25. The van der Waals surface area contributed by atoms with Crippen molar-refractivity contribution in [2.75, 3.05) is 49.3 Å². The minimum atomic E-state index is -3.66. The normalized spacial score (nSPS) is 19.0. The number of nitrogens with zero attached hydrogens (tertiary/aromatic N) is 5. The summed E-state index contributed by atoms with van der Waals surface area (Å²) < 4.78 is 42.6. The zero-order valence-electron chi connectivity index (χ0n) is 21.6. The highest BCUT2D eigenvalue weighted by Gasteiger charge is 2.35. The van der Waals surface area contributed by atoms with Gasteiger partial charge in [-0.2, -0.15) is 0 Å². The monoisotopic (exact) mass is 552 g/mol. The molecule has 1 fully saturated rings. The van der Waals surface area contributed by atoms with Crippen LogP contribution < -0.4 is 14.9 Å². The first-order chi connectivity index (χ1) is 17.4. The largest absolute Gasteiger partial charge is 0.469 e. The van der Waals surface area contributed by atoms with E-state index >= 15 is 0 Å². The third-order valence-corrected chi connectivity index (χ3v) is 8.15. The molecule has 3 aromatic heterocycles. The van der Waals surface area contributed by atoms with Gasteiger partial charge in [0.1, 0.15) is 11.6 Å². The fourth-order valence-corrected chi connectivity index (χ4v) is 4.84. The van der Waals surface area contributed by atoms with Gasteiger partial charge in [0.2, 0.25) is 21.8 Å². The average Bonchev–Trinajstić information content (AvgIpc) is 3.23. The average molecular weight is 553 g/mol. The predicted molar refractivity (Wildman–Crippen MR) is 141 cm³/mol. The number of rotatable bonds is 12. The highest BCUT2D eigenvalue weighted by molar-refractivity contribution is 7.92. The first-order valence-electron chi connectivity index (χ1n) is 11.9. The van der Waals surface area contributed by atoms with E-state index in [9.17, 15) is 8.42 Å². The first-order valence-corrected chi connectivity index (χ1v) is 14.2. The number of hydrogen-bond donors (Lipinski definition) is 1. The van der Waals surface area contributed by atoms with Gasteiger partial charge in [-0.25, -0.2) is 13.4 Å². The smallest absolute Gasteiger partial charge is 0.249 e. The maximum Gasteiger partial charge on any atom is 0.249 e. The molecule has 1 saturated carbocycles. The molecular formula is C24H33ClN6O5S. The Morgan fingerprint density at radius 1 is 1.35 bits per heavy atom. The van der Waals surface area contributed by atoms with Crippen molar-refractivity contribution in [1.82, 2.24) is 15.2 Å². The molecular weight excluding hydrogens is 520 g/mol. The van der Waals surface area contributed by atoms with E-state index in [1.807, 2.05) is 6.07 Å². The van der Waals surface area contributed by atoms with Gasteiger partial charge in [0, 0.05) is 33.7 Å². The number of hydrogen-bond acceptors (Lipinski definition) is 10. The molecule has 1 aliphatic rings. The van der Waals surface area contributed by atoms with Gasteiger partial charge >= 0.3 is 0 Å². The molecule has 3 atom stereocenters. The van der Waals surface area contributed by atoms with Crippen molar-refractivity contribution in [3.05, 3.63) is 41.1 Å². The van der Waals surface area contributed by atoms with Gasteiger partial charge in [-0.1, -0.05) is 18.5 Å². The van der Waals surface area contributed by atoms with Gasteiger partial charge in [0.05, 0.1) is 35.3 Å². The standard InChI is InChI=1S/C24H33ClN6O5S/c1-15-11-16(15)14-31(8-10-34-4)19-12-18(20(25)21(27-19)30(3)37(5,32)33)22-28-29-23(36-22)24(2,26)13-17-7-6-9-35-17/h6-7,9,12,15-16H,8,10-11,13-14,26H2,1-5H3/t15-,16+,24+/m0/s1. The van der Waals surface area contributed by atoms with Crippen LogP contribution in [0.5, 0.6) is 0 Å². The van der Waals surface area contributed by atoms with Crippen molar-refractivity contribution in [2.24, 2.45) is 17.6 Å². The van der Waals surface area contributed by atoms with Crippen LogP contribution in [0.1, 0.15) is 31.9 Å². The topological polar surface area (TPSA) is 141 Å². The lowest BCUT2D eigenvalue weighted by molar-refractivity contribution is 0.204. The van der Waals surface area contributed by atoms with Crippen LogP contribution >= 0.6 is 11.6 Å². The zero-order valence-corrected chi connectivity index (χ0v) is 23.2. The number of pyridine rings is 1. The van der Waals surface area contributed by atoms with E-state index in [0.717, 1.165) is 23.5 Å². The molecule has 4 rings (SSSR count). The van der Waals surface area contributed by atoms with E-state index in [2.05, 4.69) is 27.0 Å². The van der Waals surface area contributed by atoms with Gasteiger partial charge in [0.15, 0.2) is 5.82 Å². The molecule has 3 aromatic rings. The van der Waals surface area contributed by atoms with E-state index in [0.29, 0.717) is 48.5 Å². The SMILES string of the molecule is COCCN(C[C@H]1C[C@@H]1C)c1cc(-c2nnc([C@](C)(N)Cc3ccco3)o2)c(Cl)c(N(C)S(C)(=O)=O)n1. The van der Waals surface area contributed by atoms with Crippen molar-refractivity contribution in [2.45, 2.75) is 32.2 Å². The van der Waals surface area contributed by atoms with Gasteiger partial charge < -0.3 is 24.2 Å². The third-order valence-electron chi connectivity index (χ3n) is 6.61. The number of halogens is 1. The number of sulfonamides is 1. The summed E-state index contributed by atoms with van der Waals surface area (Å²) in [6, 6.07) is 5.33. The lowest BCUT2D eigenvalue weighted by atomic mass is 9.98. The van der Waals surface area contributed by atoms with Crippen molar-refractivity contribution in [3.8, 4) is 11.5 Å². The summed E-state index contributed by atoms with van der Waals surface area (Å²) in [6.07, 6.45) is 4.12. The molecule has 0 spiro atoms. The van der Waals surface area contributed by atoms with Crippen molar-refractivity contribution in [1.29, 1.82) is 0 Å². The van der Waals surface area contributed by atoms with Crippen LogP contribution in [0.2, 0.25) is 5.02 Å². The lowest BCUT2D eigenvalue weighted by Crippen LogP contribution is -2.35. The predicted octanol–water partition coefficient (Wildman–Crippen LogP) is 3.30. The lowest BCUT2D eigenvalue weighted by Gasteiger charge is -2.26. The summed E-state index contributed by atoms with van der Waals surface area (Å²) in [5.41, 5.74) is 5.84. The molecule has 1 aliphatic carbocycles. The Kier molecular flexibility index (Phi) is 7.84. The van der Waals surface area contributed by atoms with Crippen LogP contribution in [-0.2, 0) is 26.7 Å². The van der Waals surface area contributed by atoms with Crippen molar-refractivity contribution < 1.29 is 22.0 Å². The Balaban J connectivity index is 1.77. The van der Waals surface area contributed by atoms with Crippen LogP contribution in [0.15, 0.2) is 33.3 Å². The first kappa shape index (κ1) is 27.4. The van der Waals surface area contributed by atoms with Gasteiger partial charge in [-0.15, -0.1) is 10.2 Å². The zero-order chi connectivity index (χ0) is 27.0. The van der Waals surface area contributed by atoms with Crippen LogP contribution in [0, 0.1) is 11.8 Å².